The molecule has 0 aliphatic rings. The van der Waals surface area contributed by atoms with Crippen LogP contribution in [-0.2, 0) is 7.05 Å². The largest absolute Gasteiger partial charge is 0.351 e. The summed E-state index contributed by atoms with van der Waals surface area (Å²) in [6, 6.07) is 15.0. The highest BCUT2D eigenvalue weighted by Crippen LogP contribution is 2.25. The molecular formula is C22H25N5O2. The summed E-state index contributed by atoms with van der Waals surface area (Å²) in [5, 5.41) is 2.94. The first-order chi connectivity index (χ1) is 14.1. The zero-order valence-corrected chi connectivity index (χ0v) is 16.7. The van der Waals surface area contributed by atoms with Crippen LogP contribution in [0.2, 0.25) is 0 Å². The van der Waals surface area contributed by atoms with Crippen LogP contribution >= 0.6 is 0 Å². The lowest BCUT2D eigenvalue weighted by Crippen LogP contribution is -2.33. The molecular weight excluding hydrogens is 366 g/mol. The van der Waals surface area contributed by atoms with Crippen molar-refractivity contribution in [3.05, 3.63) is 84.2 Å². The molecule has 0 radical (unpaired) electrons. The Morgan fingerprint density at radius 1 is 1.07 bits per heavy atom. The number of nitrogens with one attached hydrogen (secondary N) is 1. The predicted octanol–water partition coefficient (Wildman–Crippen LogP) is 2.84. The highest BCUT2D eigenvalue weighted by molar-refractivity contribution is 5.92. The van der Waals surface area contributed by atoms with E-state index in [1.54, 1.807) is 41.0 Å². The standard InChI is InChI=1S/C22H25N5O2/c1-26-16-7-12-19(26)21(28)25-13-6-11-18(17-9-4-3-5-10-17)27(2)22(29)20-23-14-8-15-24-20/h3-5,7-10,12,14-16,18H,6,11,13H2,1-2H3,(H,25,28)/t18-/m0/s1. The monoisotopic (exact) mass is 391 g/mol. The van der Waals surface area contributed by atoms with Gasteiger partial charge in [-0.1, -0.05) is 30.3 Å². The second-order valence-corrected chi connectivity index (χ2v) is 6.82. The van der Waals surface area contributed by atoms with Crippen LogP contribution in [-0.4, -0.2) is 44.8 Å². The van der Waals surface area contributed by atoms with Crippen molar-refractivity contribution in [1.29, 1.82) is 0 Å². The molecule has 1 atom stereocenters. The van der Waals surface area contributed by atoms with Crippen molar-refractivity contribution < 1.29 is 9.59 Å². The molecule has 2 aromatic heterocycles. The Balaban J connectivity index is 1.64. The predicted molar refractivity (Wildman–Crippen MR) is 110 cm³/mol. The minimum atomic E-state index is -0.229. The zero-order valence-electron chi connectivity index (χ0n) is 16.7. The highest BCUT2D eigenvalue weighted by atomic mass is 16.2. The first-order valence-corrected chi connectivity index (χ1v) is 9.56. The van der Waals surface area contributed by atoms with Crippen LogP contribution in [0.25, 0.3) is 0 Å². The summed E-state index contributed by atoms with van der Waals surface area (Å²) in [6.45, 7) is 0.525. The van der Waals surface area contributed by atoms with Gasteiger partial charge in [-0.3, -0.25) is 9.59 Å². The van der Waals surface area contributed by atoms with Gasteiger partial charge in [0, 0.05) is 39.2 Å². The van der Waals surface area contributed by atoms with E-state index < -0.39 is 0 Å². The van der Waals surface area contributed by atoms with E-state index in [9.17, 15) is 9.59 Å². The molecule has 29 heavy (non-hydrogen) atoms. The fourth-order valence-electron chi connectivity index (χ4n) is 3.25. The number of carbonyl (C=O) groups is 2. The average molecular weight is 391 g/mol. The third-order valence-electron chi connectivity index (χ3n) is 4.85. The molecule has 7 heteroatoms. The van der Waals surface area contributed by atoms with Crippen molar-refractivity contribution in [3.8, 4) is 0 Å². The molecule has 0 spiro atoms. The third kappa shape index (κ3) is 5.07. The number of aryl methyl sites for hydroxylation is 1. The smallest absolute Gasteiger partial charge is 0.291 e. The van der Waals surface area contributed by atoms with Gasteiger partial charge >= 0.3 is 0 Å². The van der Waals surface area contributed by atoms with Gasteiger partial charge < -0.3 is 14.8 Å². The van der Waals surface area contributed by atoms with Gasteiger partial charge in [-0.25, -0.2) is 9.97 Å². The summed E-state index contributed by atoms with van der Waals surface area (Å²) in [5.41, 5.74) is 1.66. The molecule has 0 unspecified atom stereocenters. The van der Waals surface area contributed by atoms with Crippen LogP contribution in [0.1, 0.15) is 45.6 Å². The van der Waals surface area contributed by atoms with E-state index in [0.717, 1.165) is 12.0 Å². The van der Waals surface area contributed by atoms with Gasteiger partial charge in [0.2, 0.25) is 5.82 Å². The molecule has 0 saturated carbocycles. The van der Waals surface area contributed by atoms with Gasteiger partial charge in [0.25, 0.3) is 11.8 Å². The van der Waals surface area contributed by atoms with Crippen LogP contribution < -0.4 is 5.32 Å². The van der Waals surface area contributed by atoms with Gasteiger partial charge in [-0.2, -0.15) is 0 Å². The lowest BCUT2D eigenvalue weighted by atomic mass is 10.0. The number of amides is 2. The number of hydrogen-bond donors (Lipinski definition) is 1. The summed E-state index contributed by atoms with van der Waals surface area (Å²) in [6.07, 6.45) is 6.39. The Labute approximate surface area is 170 Å². The Morgan fingerprint density at radius 3 is 2.45 bits per heavy atom. The third-order valence-corrected chi connectivity index (χ3v) is 4.85. The topological polar surface area (TPSA) is 80.1 Å². The summed E-state index contributed by atoms with van der Waals surface area (Å²) < 4.78 is 1.79. The van der Waals surface area contributed by atoms with E-state index in [0.29, 0.717) is 18.7 Å². The summed E-state index contributed by atoms with van der Waals surface area (Å²) in [5.74, 6) is -0.156. The molecule has 2 amide bonds. The molecule has 150 valence electrons. The zero-order chi connectivity index (χ0) is 20.6. The molecule has 0 fully saturated rings. The molecule has 0 aliphatic carbocycles. The Kier molecular flexibility index (Phi) is 6.73. The first-order valence-electron chi connectivity index (χ1n) is 9.56. The fraction of sp³-hybridized carbons (Fsp3) is 0.273. The van der Waals surface area contributed by atoms with E-state index >= 15 is 0 Å². The van der Waals surface area contributed by atoms with Gasteiger partial charge in [-0.05, 0) is 36.6 Å². The number of benzene rings is 1. The first kappa shape index (κ1) is 20.3. The number of rotatable bonds is 8. The van der Waals surface area contributed by atoms with Crippen molar-refractivity contribution in [2.24, 2.45) is 7.05 Å². The van der Waals surface area contributed by atoms with Gasteiger partial charge in [-0.15, -0.1) is 0 Å². The van der Waals surface area contributed by atoms with Crippen LogP contribution in [0.5, 0.6) is 0 Å². The normalized spacial score (nSPS) is 11.7. The molecule has 0 saturated heterocycles. The van der Waals surface area contributed by atoms with E-state index in [-0.39, 0.29) is 23.7 Å². The van der Waals surface area contributed by atoms with Crippen LogP contribution in [0.15, 0.2) is 67.1 Å². The molecule has 3 aromatic rings. The van der Waals surface area contributed by atoms with Crippen molar-refractivity contribution in [3.63, 3.8) is 0 Å². The summed E-state index contributed by atoms with van der Waals surface area (Å²) >= 11 is 0. The van der Waals surface area contributed by atoms with Crippen molar-refractivity contribution in [2.45, 2.75) is 18.9 Å². The summed E-state index contributed by atoms with van der Waals surface area (Å²) in [7, 11) is 3.60. The van der Waals surface area contributed by atoms with E-state index in [2.05, 4.69) is 15.3 Å². The molecule has 1 N–H and O–H groups in total. The molecule has 0 bridgehead atoms. The molecule has 2 heterocycles. The molecule has 3 rings (SSSR count). The Bertz CT molecular complexity index is 940. The van der Waals surface area contributed by atoms with E-state index in [1.165, 1.54) is 0 Å². The average Bonchev–Trinajstić information content (AvgIpc) is 3.20. The quantitative estimate of drug-likeness (QED) is 0.599. The second kappa shape index (κ2) is 9.64. The van der Waals surface area contributed by atoms with Crippen LogP contribution in [0.4, 0.5) is 0 Å². The molecule has 7 nitrogen and oxygen atoms in total. The van der Waals surface area contributed by atoms with Crippen molar-refractivity contribution in [1.82, 2.24) is 24.8 Å². The SMILES string of the molecule is CN(C(=O)c1ncccn1)[C@@H](CCCNC(=O)c1cccn1C)c1ccccc1. The molecule has 1 aromatic carbocycles. The number of aromatic nitrogens is 3. The van der Waals surface area contributed by atoms with Gasteiger partial charge in [0.1, 0.15) is 5.69 Å². The summed E-state index contributed by atoms with van der Waals surface area (Å²) in [4.78, 5) is 34.9. The second-order valence-electron chi connectivity index (χ2n) is 6.82. The fourth-order valence-corrected chi connectivity index (χ4v) is 3.25. The van der Waals surface area contributed by atoms with Gasteiger partial charge in [0.05, 0.1) is 6.04 Å². The maximum absolute atomic E-state index is 12.8. The Morgan fingerprint density at radius 2 is 1.79 bits per heavy atom. The Hall–Kier alpha value is -3.48. The van der Waals surface area contributed by atoms with E-state index in [1.807, 2.05) is 49.6 Å². The van der Waals surface area contributed by atoms with E-state index in [4.69, 9.17) is 0 Å². The number of nitrogens with zero attached hydrogens (tertiary/aromatic N) is 4. The number of hydrogen-bond acceptors (Lipinski definition) is 4. The van der Waals surface area contributed by atoms with Crippen molar-refractivity contribution >= 4 is 11.8 Å². The highest BCUT2D eigenvalue weighted by Gasteiger charge is 2.24. The van der Waals surface area contributed by atoms with Gasteiger partial charge in [0.15, 0.2) is 0 Å². The maximum Gasteiger partial charge on any atom is 0.291 e. The van der Waals surface area contributed by atoms with Crippen LogP contribution in [0.3, 0.4) is 0 Å². The van der Waals surface area contributed by atoms with Crippen molar-refractivity contribution in [2.75, 3.05) is 13.6 Å². The maximum atomic E-state index is 12.8. The lowest BCUT2D eigenvalue weighted by molar-refractivity contribution is 0.0706. The van der Waals surface area contributed by atoms with Crippen LogP contribution in [0, 0.1) is 0 Å². The number of carbonyl (C=O) groups excluding carboxylic acids is 2. The minimum Gasteiger partial charge on any atom is -0.351 e. The minimum absolute atomic E-state index is 0.101. The molecule has 0 aliphatic heterocycles. The lowest BCUT2D eigenvalue weighted by Gasteiger charge is -2.28.